The molecule has 0 aliphatic rings. The summed E-state index contributed by atoms with van der Waals surface area (Å²) in [5.74, 6) is -0.600. The Bertz CT molecular complexity index is 959. The van der Waals surface area contributed by atoms with Crippen LogP contribution in [0.15, 0.2) is 17.8 Å². The SMILES string of the molecule is CCCc1scc(-c2cnn(COCC[Si](C)(C)C)c2)c1CC(NC(=O)OC(C)(C)C)C(N)=O. The molecule has 2 rings (SSSR count). The van der Waals surface area contributed by atoms with Crippen molar-refractivity contribution in [2.75, 3.05) is 6.61 Å². The lowest BCUT2D eigenvalue weighted by atomic mass is 9.97. The van der Waals surface area contributed by atoms with Crippen molar-refractivity contribution in [1.82, 2.24) is 15.1 Å². The Hall–Kier alpha value is -2.17. The van der Waals surface area contributed by atoms with Gasteiger partial charge in [0, 0.05) is 37.7 Å². The van der Waals surface area contributed by atoms with E-state index in [0.717, 1.165) is 42.2 Å². The number of nitrogens with one attached hydrogen (secondary N) is 1. The van der Waals surface area contributed by atoms with Crippen molar-refractivity contribution in [2.45, 2.75) is 91.0 Å². The molecule has 0 aliphatic carbocycles. The first kappa shape index (κ1) is 28.1. The molecule has 1 unspecified atom stereocenters. The van der Waals surface area contributed by atoms with Gasteiger partial charge in [-0.25, -0.2) is 9.48 Å². The molecule has 10 heteroatoms. The van der Waals surface area contributed by atoms with Gasteiger partial charge in [-0.05, 0) is 49.7 Å². The third-order valence-electron chi connectivity index (χ3n) is 5.06. The minimum absolute atomic E-state index is 0.292. The number of nitrogens with zero attached hydrogens (tertiary/aromatic N) is 2. The highest BCUT2D eigenvalue weighted by Crippen LogP contribution is 2.33. The van der Waals surface area contributed by atoms with Crippen molar-refractivity contribution < 1.29 is 19.1 Å². The second-order valence-corrected chi connectivity index (χ2v) is 17.3. The molecule has 0 radical (unpaired) electrons. The Morgan fingerprint density at radius 3 is 2.59 bits per heavy atom. The molecule has 0 fully saturated rings. The third kappa shape index (κ3) is 9.23. The summed E-state index contributed by atoms with van der Waals surface area (Å²) in [4.78, 5) is 25.7. The van der Waals surface area contributed by atoms with Gasteiger partial charge in [0.1, 0.15) is 18.4 Å². The first-order valence-electron chi connectivity index (χ1n) is 11.8. The lowest BCUT2D eigenvalue weighted by Gasteiger charge is -2.22. The fourth-order valence-corrected chi connectivity index (χ4v) is 5.26. The van der Waals surface area contributed by atoms with Gasteiger partial charge in [0.05, 0.1) is 6.20 Å². The number of thiophene rings is 1. The molecule has 0 saturated heterocycles. The highest BCUT2D eigenvalue weighted by molar-refractivity contribution is 7.10. The van der Waals surface area contributed by atoms with Crippen LogP contribution < -0.4 is 11.1 Å². The molecule has 1 atom stereocenters. The number of alkyl carbamates (subject to hydrolysis) is 1. The van der Waals surface area contributed by atoms with Gasteiger partial charge < -0.3 is 20.5 Å². The Balaban J connectivity index is 2.19. The van der Waals surface area contributed by atoms with E-state index in [1.54, 1.807) is 36.8 Å². The van der Waals surface area contributed by atoms with E-state index in [9.17, 15) is 9.59 Å². The topological polar surface area (TPSA) is 108 Å². The molecule has 2 heterocycles. The van der Waals surface area contributed by atoms with Gasteiger partial charge in [-0.1, -0.05) is 33.0 Å². The number of rotatable bonds is 12. The minimum atomic E-state index is -1.14. The highest BCUT2D eigenvalue weighted by Gasteiger charge is 2.26. The van der Waals surface area contributed by atoms with Crippen molar-refractivity contribution in [3.05, 3.63) is 28.2 Å². The van der Waals surface area contributed by atoms with Crippen LogP contribution >= 0.6 is 11.3 Å². The number of aryl methyl sites for hydroxylation is 1. The van der Waals surface area contributed by atoms with E-state index in [1.165, 1.54) is 4.88 Å². The standard InChI is InChI=1S/C24H40N4O4SSi/c1-8-9-21-18(12-20(22(25)29)27-23(30)32-24(2,3)4)19(15-33-21)17-13-26-28(14-17)16-31-10-11-34(5,6)7/h13-15,20H,8-12,16H2,1-7H3,(H2,25,29)(H,27,30). The van der Waals surface area contributed by atoms with Gasteiger partial charge in [0.15, 0.2) is 0 Å². The van der Waals surface area contributed by atoms with E-state index >= 15 is 0 Å². The number of ether oxygens (including phenoxy) is 2. The number of hydrogen-bond acceptors (Lipinski definition) is 6. The molecule has 2 aromatic heterocycles. The molecule has 0 aliphatic heterocycles. The number of hydrogen-bond donors (Lipinski definition) is 2. The van der Waals surface area contributed by atoms with Crippen LogP contribution in [-0.4, -0.2) is 48.1 Å². The molecule has 0 saturated carbocycles. The van der Waals surface area contributed by atoms with E-state index in [0.29, 0.717) is 13.2 Å². The summed E-state index contributed by atoms with van der Waals surface area (Å²) in [7, 11) is -1.14. The van der Waals surface area contributed by atoms with Crippen molar-refractivity contribution in [1.29, 1.82) is 0 Å². The molecule has 8 nitrogen and oxygen atoms in total. The van der Waals surface area contributed by atoms with Crippen LogP contribution in [0.5, 0.6) is 0 Å². The number of nitrogens with two attached hydrogens (primary N) is 1. The lowest BCUT2D eigenvalue weighted by Crippen LogP contribution is -2.47. The zero-order valence-corrected chi connectivity index (χ0v) is 23.4. The molecular weight excluding hydrogens is 468 g/mol. The number of aromatic nitrogens is 2. The van der Waals surface area contributed by atoms with Gasteiger partial charge in [0.2, 0.25) is 5.91 Å². The van der Waals surface area contributed by atoms with Gasteiger partial charge in [-0.2, -0.15) is 5.10 Å². The summed E-state index contributed by atoms with van der Waals surface area (Å²) in [6.07, 6.45) is 5.25. The predicted molar refractivity (Wildman–Crippen MR) is 140 cm³/mol. The maximum Gasteiger partial charge on any atom is 0.408 e. The fourth-order valence-electron chi connectivity index (χ4n) is 3.31. The molecule has 34 heavy (non-hydrogen) atoms. The second-order valence-electron chi connectivity index (χ2n) is 10.7. The van der Waals surface area contributed by atoms with Gasteiger partial charge in [-0.3, -0.25) is 4.79 Å². The molecule has 2 aromatic rings. The number of carbonyl (C=O) groups is 2. The first-order valence-corrected chi connectivity index (χ1v) is 16.4. The first-order chi connectivity index (χ1) is 15.8. The number of carbonyl (C=O) groups excluding carboxylic acids is 2. The Labute approximate surface area is 208 Å². The van der Waals surface area contributed by atoms with E-state index < -0.39 is 31.7 Å². The largest absolute Gasteiger partial charge is 0.444 e. The van der Waals surface area contributed by atoms with Crippen LogP contribution in [0.4, 0.5) is 4.79 Å². The monoisotopic (exact) mass is 508 g/mol. The number of amides is 2. The third-order valence-corrected chi connectivity index (χ3v) is 7.86. The summed E-state index contributed by atoms with van der Waals surface area (Å²) >= 11 is 1.65. The van der Waals surface area contributed by atoms with E-state index in [2.05, 4.69) is 42.4 Å². The van der Waals surface area contributed by atoms with Gasteiger partial charge >= 0.3 is 6.09 Å². The van der Waals surface area contributed by atoms with Crippen molar-refractivity contribution in [3.63, 3.8) is 0 Å². The van der Waals surface area contributed by atoms with Crippen LogP contribution in [0.3, 0.4) is 0 Å². The van der Waals surface area contributed by atoms with Crippen LogP contribution in [0.25, 0.3) is 11.1 Å². The Kier molecular flexibility index (Phi) is 9.90. The summed E-state index contributed by atoms with van der Waals surface area (Å²) < 4.78 is 12.9. The van der Waals surface area contributed by atoms with Crippen LogP contribution in [0.2, 0.25) is 25.7 Å². The van der Waals surface area contributed by atoms with E-state index in [1.807, 2.05) is 12.4 Å². The van der Waals surface area contributed by atoms with Crippen molar-refractivity contribution in [2.24, 2.45) is 5.73 Å². The Morgan fingerprint density at radius 2 is 2.00 bits per heavy atom. The quantitative estimate of drug-likeness (QED) is 0.316. The molecular formula is C24H40N4O4SSi. The van der Waals surface area contributed by atoms with Crippen LogP contribution in [-0.2, 0) is 33.8 Å². The Morgan fingerprint density at radius 1 is 1.29 bits per heavy atom. The van der Waals surface area contributed by atoms with Crippen LogP contribution in [0.1, 0.15) is 44.6 Å². The average Bonchev–Trinajstić information content (AvgIpc) is 3.30. The molecule has 3 N–H and O–H groups in total. The molecule has 0 spiro atoms. The zero-order chi connectivity index (χ0) is 25.5. The summed E-state index contributed by atoms with van der Waals surface area (Å²) in [6, 6.07) is 0.230. The lowest BCUT2D eigenvalue weighted by molar-refractivity contribution is -0.120. The normalized spacial score (nSPS) is 13.0. The molecule has 0 aromatic carbocycles. The van der Waals surface area contributed by atoms with Crippen molar-refractivity contribution >= 4 is 31.4 Å². The fraction of sp³-hybridized carbons (Fsp3) is 0.625. The highest BCUT2D eigenvalue weighted by atomic mass is 32.1. The van der Waals surface area contributed by atoms with E-state index in [4.69, 9.17) is 15.2 Å². The predicted octanol–water partition coefficient (Wildman–Crippen LogP) is 4.80. The molecule has 2 amide bonds. The molecule has 0 bridgehead atoms. The van der Waals surface area contributed by atoms with Gasteiger partial charge in [0.25, 0.3) is 0 Å². The second kappa shape index (κ2) is 12.0. The maximum atomic E-state index is 12.3. The molecule has 190 valence electrons. The van der Waals surface area contributed by atoms with Gasteiger partial charge in [-0.15, -0.1) is 11.3 Å². The summed E-state index contributed by atoms with van der Waals surface area (Å²) in [6.45, 7) is 15.5. The number of primary amides is 1. The average molecular weight is 509 g/mol. The smallest absolute Gasteiger partial charge is 0.408 e. The summed E-state index contributed by atoms with van der Waals surface area (Å²) in [5, 5.41) is 9.18. The minimum Gasteiger partial charge on any atom is -0.444 e. The van der Waals surface area contributed by atoms with E-state index in [-0.39, 0.29) is 0 Å². The zero-order valence-electron chi connectivity index (χ0n) is 21.6. The summed E-state index contributed by atoms with van der Waals surface area (Å²) in [5.41, 5.74) is 7.93. The maximum absolute atomic E-state index is 12.3. The van der Waals surface area contributed by atoms with Crippen LogP contribution in [0, 0.1) is 0 Å². The van der Waals surface area contributed by atoms with Crippen molar-refractivity contribution in [3.8, 4) is 11.1 Å².